The molecule has 0 aliphatic heterocycles. The van der Waals surface area contributed by atoms with Crippen molar-refractivity contribution in [3.05, 3.63) is 67.7 Å². The lowest BCUT2D eigenvalue weighted by molar-refractivity contribution is -0.385. The maximum absolute atomic E-state index is 11.8. The molecule has 1 N–H and O–H groups in total. The molecule has 0 atom stereocenters. The highest BCUT2D eigenvalue weighted by molar-refractivity contribution is 6.34. The minimum absolute atomic E-state index is 0.0212. The Hall–Kier alpha value is -3.20. The van der Waals surface area contributed by atoms with Crippen molar-refractivity contribution in [2.45, 2.75) is 0 Å². The fourth-order valence-corrected chi connectivity index (χ4v) is 1.94. The van der Waals surface area contributed by atoms with Gasteiger partial charge in [0.05, 0.1) is 20.6 Å². The molecule has 2 rings (SSSR count). The summed E-state index contributed by atoms with van der Waals surface area (Å²) in [6.07, 6.45) is 0. The van der Waals surface area contributed by atoms with E-state index in [4.69, 9.17) is 16.3 Å². The van der Waals surface area contributed by atoms with Crippen LogP contribution in [0.5, 0.6) is 5.75 Å². The molecule has 0 saturated heterocycles. The van der Waals surface area contributed by atoms with Crippen LogP contribution in [0.3, 0.4) is 0 Å². The van der Waals surface area contributed by atoms with E-state index in [0.717, 1.165) is 6.07 Å². The van der Waals surface area contributed by atoms with Gasteiger partial charge in [-0.25, -0.2) is 0 Å². The minimum Gasteiger partial charge on any atom is -0.484 e. The Labute approximate surface area is 140 Å². The van der Waals surface area contributed by atoms with Crippen LogP contribution in [-0.4, -0.2) is 22.4 Å². The Morgan fingerprint density at radius 3 is 2.17 bits per heavy atom. The van der Waals surface area contributed by atoms with E-state index in [1.807, 2.05) is 0 Å². The van der Waals surface area contributed by atoms with Crippen LogP contribution in [0.15, 0.2) is 42.5 Å². The van der Waals surface area contributed by atoms with E-state index in [0.29, 0.717) is 0 Å². The minimum atomic E-state index is -0.602. The zero-order chi connectivity index (χ0) is 17.7. The van der Waals surface area contributed by atoms with E-state index in [-0.39, 0.29) is 34.4 Å². The zero-order valence-corrected chi connectivity index (χ0v) is 12.7. The number of carbonyl (C=O) groups excluding carboxylic acids is 1. The van der Waals surface area contributed by atoms with Crippen molar-refractivity contribution in [1.82, 2.24) is 0 Å². The molecular weight excluding hydrogens is 342 g/mol. The van der Waals surface area contributed by atoms with E-state index in [9.17, 15) is 25.0 Å². The molecule has 0 saturated carbocycles. The largest absolute Gasteiger partial charge is 0.484 e. The summed E-state index contributed by atoms with van der Waals surface area (Å²) in [6.45, 7) is -0.356. The van der Waals surface area contributed by atoms with Crippen molar-refractivity contribution < 1.29 is 19.4 Å². The average molecular weight is 352 g/mol. The molecule has 124 valence electrons. The van der Waals surface area contributed by atoms with Crippen molar-refractivity contribution >= 4 is 34.6 Å². The van der Waals surface area contributed by atoms with E-state index in [1.54, 1.807) is 0 Å². The lowest BCUT2D eigenvalue weighted by atomic mass is 10.3. The molecule has 0 radical (unpaired) electrons. The number of amides is 1. The highest BCUT2D eigenvalue weighted by atomic mass is 35.5. The Morgan fingerprint density at radius 2 is 1.62 bits per heavy atom. The van der Waals surface area contributed by atoms with Gasteiger partial charge in [0, 0.05) is 24.3 Å². The van der Waals surface area contributed by atoms with Gasteiger partial charge in [0.1, 0.15) is 5.75 Å². The second-order valence-corrected chi connectivity index (χ2v) is 4.92. The molecule has 0 fully saturated rings. The summed E-state index contributed by atoms with van der Waals surface area (Å²) in [6, 6.07) is 8.87. The first-order valence-corrected chi connectivity index (χ1v) is 6.85. The lowest BCUT2D eigenvalue weighted by Crippen LogP contribution is -2.20. The predicted octanol–water partition coefficient (Wildman–Crippen LogP) is 3.17. The molecular formula is C14H10ClN3O6. The topological polar surface area (TPSA) is 125 Å². The number of hydrogen-bond acceptors (Lipinski definition) is 6. The molecule has 0 aliphatic rings. The number of nitrogens with one attached hydrogen (secondary N) is 1. The summed E-state index contributed by atoms with van der Waals surface area (Å²) in [4.78, 5) is 31.8. The van der Waals surface area contributed by atoms with Crippen LogP contribution in [0.1, 0.15) is 0 Å². The number of carbonyl (C=O) groups is 1. The molecule has 2 aromatic rings. The normalized spacial score (nSPS) is 10.0. The molecule has 0 heterocycles. The van der Waals surface area contributed by atoms with Gasteiger partial charge in [0.25, 0.3) is 17.3 Å². The van der Waals surface area contributed by atoms with E-state index < -0.39 is 15.8 Å². The number of non-ortho nitro benzene ring substituents is 2. The molecule has 0 aromatic heterocycles. The van der Waals surface area contributed by atoms with Gasteiger partial charge in [-0.15, -0.1) is 0 Å². The van der Waals surface area contributed by atoms with Crippen molar-refractivity contribution in [3.8, 4) is 5.75 Å². The molecule has 0 aliphatic carbocycles. The predicted molar refractivity (Wildman–Crippen MR) is 85.3 cm³/mol. The molecule has 9 nitrogen and oxygen atoms in total. The molecule has 1 amide bonds. The van der Waals surface area contributed by atoms with Gasteiger partial charge < -0.3 is 10.1 Å². The number of ether oxygens (including phenoxy) is 1. The van der Waals surface area contributed by atoms with Gasteiger partial charge in [-0.2, -0.15) is 0 Å². The number of benzene rings is 2. The van der Waals surface area contributed by atoms with Crippen LogP contribution in [0.4, 0.5) is 17.1 Å². The fourth-order valence-electron chi connectivity index (χ4n) is 1.72. The van der Waals surface area contributed by atoms with Crippen LogP contribution in [0, 0.1) is 20.2 Å². The fraction of sp³-hybridized carbons (Fsp3) is 0.0714. The summed E-state index contributed by atoms with van der Waals surface area (Å²) in [5, 5.41) is 23.6. The first-order valence-electron chi connectivity index (χ1n) is 6.48. The summed E-state index contributed by atoms with van der Waals surface area (Å²) < 4.78 is 5.19. The Kier molecular flexibility index (Phi) is 5.27. The monoisotopic (exact) mass is 351 g/mol. The molecule has 24 heavy (non-hydrogen) atoms. The van der Waals surface area contributed by atoms with E-state index in [1.165, 1.54) is 36.4 Å². The molecule has 0 spiro atoms. The number of halogens is 1. The Morgan fingerprint density at radius 1 is 1.04 bits per heavy atom. The van der Waals surface area contributed by atoms with Crippen molar-refractivity contribution in [2.75, 3.05) is 11.9 Å². The summed E-state index contributed by atoms with van der Waals surface area (Å²) in [5.74, 6) is -0.255. The standard InChI is InChI=1S/C14H10ClN3O6/c15-12-7-10(18(22)23)3-6-13(12)16-14(19)8-24-11-4-1-9(2-5-11)17(20)21/h1-7H,8H2,(H,16,19). The van der Waals surface area contributed by atoms with Crippen LogP contribution >= 0.6 is 11.6 Å². The van der Waals surface area contributed by atoms with Gasteiger partial charge in [0.2, 0.25) is 0 Å². The van der Waals surface area contributed by atoms with Crippen molar-refractivity contribution in [3.63, 3.8) is 0 Å². The summed E-state index contributed by atoms with van der Waals surface area (Å²) in [7, 11) is 0. The molecule has 0 bridgehead atoms. The average Bonchev–Trinajstić information content (AvgIpc) is 2.55. The summed E-state index contributed by atoms with van der Waals surface area (Å²) in [5.41, 5.74) is -0.0795. The van der Waals surface area contributed by atoms with Gasteiger partial charge in [-0.1, -0.05) is 11.6 Å². The third kappa shape index (κ3) is 4.40. The Balaban J connectivity index is 1.93. The lowest BCUT2D eigenvalue weighted by Gasteiger charge is -2.08. The number of rotatable bonds is 6. The van der Waals surface area contributed by atoms with Crippen molar-refractivity contribution in [2.24, 2.45) is 0 Å². The third-order valence-electron chi connectivity index (χ3n) is 2.86. The van der Waals surface area contributed by atoms with Gasteiger partial charge >= 0.3 is 0 Å². The van der Waals surface area contributed by atoms with Crippen molar-refractivity contribution in [1.29, 1.82) is 0 Å². The van der Waals surface area contributed by atoms with Gasteiger partial charge in [-0.05, 0) is 18.2 Å². The zero-order valence-electron chi connectivity index (χ0n) is 12.0. The number of nitro benzene ring substituents is 2. The van der Waals surface area contributed by atoms with Crippen LogP contribution in [-0.2, 0) is 4.79 Å². The number of anilines is 1. The smallest absolute Gasteiger partial charge is 0.271 e. The van der Waals surface area contributed by atoms with E-state index >= 15 is 0 Å². The number of nitrogens with zero attached hydrogens (tertiary/aromatic N) is 2. The maximum Gasteiger partial charge on any atom is 0.271 e. The number of hydrogen-bond donors (Lipinski definition) is 1. The van der Waals surface area contributed by atoms with Gasteiger partial charge in [-0.3, -0.25) is 25.0 Å². The van der Waals surface area contributed by atoms with E-state index in [2.05, 4.69) is 5.32 Å². The van der Waals surface area contributed by atoms with Gasteiger partial charge in [0.15, 0.2) is 6.61 Å². The number of nitro groups is 2. The first kappa shape index (κ1) is 17.2. The Bertz CT molecular complexity index is 794. The van der Waals surface area contributed by atoms with Crippen LogP contribution in [0.25, 0.3) is 0 Å². The van der Waals surface area contributed by atoms with Crippen LogP contribution < -0.4 is 10.1 Å². The first-order chi connectivity index (χ1) is 11.4. The third-order valence-corrected chi connectivity index (χ3v) is 3.17. The molecule has 10 heteroatoms. The highest BCUT2D eigenvalue weighted by Gasteiger charge is 2.12. The van der Waals surface area contributed by atoms with Crippen LogP contribution in [0.2, 0.25) is 5.02 Å². The second-order valence-electron chi connectivity index (χ2n) is 4.51. The summed E-state index contributed by atoms with van der Waals surface area (Å²) >= 11 is 5.86. The quantitative estimate of drug-likeness (QED) is 0.629. The second kappa shape index (κ2) is 7.38. The maximum atomic E-state index is 11.8. The molecule has 0 unspecified atom stereocenters. The molecule has 2 aromatic carbocycles. The SMILES string of the molecule is O=C(COc1ccc([N+](=O)[O-])cc1)Nc1ccc([N+](=O)[O-])cc1Cl. The highest BCUT2D eigenvalue weighted by Crippen LogP contribution is 2.26.